The molecule has 0 unspecified atom stereocenters. The molecule has 0 bridgehead atoms. The first-order chi connectivity index (χ1) is 14.5. The third-order valence-corrected chi connectivity index (χ3v) is 5.77. The number of hydrogen-bond acceptors (Lipinski definition) is 7. The monoisotopic (exact) mass is 451 g/mol. The molecule has 0 N–H and O–H groups in total. The second-order valence-corrected chi connectivity index (χ2v) is 8.38. The molecule has 1 aromatic rings. The molecule has 1 aromatic carbocycles. The van der Waals surface area contributed by atoms with E-state index >= 15 is 0 Å². The number of carbonyl (C=O) groups is 2. The van der Waals surface area contributed by atoms with Gasteiger partial charge in [-0.1, -0.05) is 43.4 Å². The maximum Gasteiger partial charge on any atom is 0.305 e. The number of rotatable bonds is 12. The molecule has 0 radical (unpaired) electrons. The first-order valence-corrected chi connectivity index (χ1v) is 11.4. The number of hydrogen-bond donors (Lipinski definition) is 0. The van der Waals surface area contributed by atoms with Crippen LogP contribution in [0.4, 0.5) is 0 Å². The number of benzene rings is 1. The van der Waals surface area contributed by atoms with E-state index in [0.717, 1.165) is 31.2 Å². The Bertz CT molecular complexity index is 794. The van der Waals surface area contributed by atoms with E-state index < -0.39 is 0 Å². The van der Waals surface area contributed by atoms with Crippen LogP contribution >= 0.6 is 24.0 Å². The van der Waals surface area contributed by atoms with Gasteiger partial charge in [0, 0.05) is 13.0 Å². The highest BCUT2D eigenvalue weighted by Crippen LogP contribution is 2.35. The summed E-state index contributed by atoms with van der Waals surface area (Å²) in [6.07, 6.45) is 5.51. The smallest absolute Gasteiger partial charge is 0.305 e. The number of carbonyl (C=O) groups excluding carboxylic acids is 2. The molecule has 2 rings (SSSR count). The Morgan fingerprint density at radius 3 is 2.67 bits per heavy atom. The molecule has 8 heteroatoms. The van der Waals surface area contributed by atoms with Crippen LogP contribution in [0.1, 0.15) is 51.5 Å². The zero-order valence-corrected chi connectivity index (χ0v) is 19.4. The van der Waals surface area contributed by atoms with Crippen LogP contribution < -0.4 is 9.47 Å². The maximum absolute atomic E-state index is 12.8. The number of nitrogens with zero attached hydrogens (tertiary/aromatic N) is 1. The highest BCUT2D eigenvalue weighted by molar-refractivity contribution is 8.26. The zero-order chi connectivity index (χ0) is 21.9. The summed E-state index contributed by atoms with van der Waals surface area (Å²) >= 11 is 6.70. The van der Waals surface area contributed by atoms with Gasteiger partial charge in [0.15, 0.2) is 11.5 Å². The lowest BCUT2D eigenvalue weighted by Crippen LogP contribution is -2.29. The first-order valence-electron chi connectivity index (χ1n) is 10.2. The SMILES string of the molecule is CCCOc1ccc(/C=C2\SC(=S)N(CCCCCC(=O)OC)C2=O)cc1OCC. The van der Waals surface area contributed by atoms with Crippen molar-refractivity contribution in [3.05, 3.63) is 28.7 Å². The van der Waals surface area contributed by atoms with Gasteiger partial charge in [-0.05, 0) is 50.0 Å². The first kappa shape index (κ1) is 24.2. The average Bonchev–Trinajstić information content (AvgIpc) is 3.00. The van der Waals surface area contributed by atoms with E-state index in [0.29, 0.717) is 46.9 Å². The summed E-state index contributed by atoms with van der Waals surface area (Å²) < 4.78 is 16.6. The average molecular weight is 452 g/mol. The number of amides is 1. The summed E-state index contributed by atoms with van der Waals surface area (Å²) in [4.78, 5) is 26.2. The third kappa shape index (κ3) is 7.02. The quantitative estimate of drug-likeness (QED) is 0.196. The maximum atomic E-state index is 12.8. The van der Waals surface area contributed by atoms with Crippen LogP contribution in [-0.2, 0) is 14.3 Å². The van der Waals surface area contributed by atoms with Crippen molar-refractivity contribution >= 4 is 46.3 Å². The van der Waals surface area contributed by atoms with Crippen LogP contribution in [0.3, 0.4) is 0 Å². The topological polar surface area (TPSA) is 65.1 Å². The van der Waals surface area contributed by atoms with Crippen molar-refractivity contribution in [3.8, 4) is 11.5 Å². The van der Waals surface area contributed by atoms with Crippen molar-refractivity contribution in [2.75, 3.05) is 26.9 Å². The van der Waals surface area contributed by atoms with Gasteiger partial charge in [-0.3, -0.25) is 14.5 Å². The van der Waals surface area contributed by atoms with Crippen LogP contribution in [0, 0.1) is 0 Å². The van der Waals surface area contributed by atoms with Gasteiger partial charge in [0.05, 0.1) is 25.2 Å². The van der Waals surface area contributed by atoms with Crippen LogP contribution in [0.2, 0.25) is 0 Å². The van der Waals surface area contributed by atoms with Gasteiger partial charge in [-0.15, -0.1) is 0 Å². The van der Waals surface area contributed by atoms with Gasteiger partial charge >= 0.3 is 5.97 Å². The number of methoxy groups -OCH3 is 1. The predicted octanol–water partition coefficient (Wildman–Crippen LogP) is 4.81. The summed E-state index contributed by atoms with van der Waals surface area (Å²) in [5, 5.41) is 0. The van der Waals surface area contributed by atoms with Crippen molar-refractivity contribution in [1.29, 1.82) is 0 Å². The summed E-state index contributed by atoms with van der Waals surface area (Å²) in [5.74, 6) is 1.08. The molecule has 1 fully saturated rings. The van der Waals surface area contributed by atoms with Gasteiger partial charge in [0.25, 0.3) is 5.91 Å². The van der Waals surface area contributed by atoms with Crippen LogP contribution in [0.15, 0.2) is 23.1 Å². The van der Waals surface area contributed by atoms with Crippen molar-refractivity contribution in [2.24, 2.45) is 0 Å². The van der Waals surface area contributed by atoms with Crippen LogP contribution in [-0.4, -0.2) is 48.0 Å². The number of thioether (sulfide) groups is 1. The Morgan fingerprint density at radius 2 is 1.97 bits per heavy atom. The fourth-order valence-corrected chi connectivity index (χ4v) is 4.18. The van der Waals surface area contributed by atoms with Crippen molar-refractivity contribution in [3.63, 3.8) is 0 Å². The Labute approximate surface area is 187 Å². The molecule has 0 spiro atoms. The zero-order valence-electron chi connectivity index (χ0n) is 17.8. The van der Waals surface area contributed by atoms with Gasteiger partial charge < -0.3 is 14.2 Å². The minimum absolute atomic E-state index is 0.0813. The second-order valence-electron chi connectivity index (χ2n) is 6.71. The van der Waals surface area contributed by atoms with Gasteiger partial charge in [0.1, 0.15) is 4.32 Å². The number of unbranched alkanes of at least 4 members (excludes halogenated alkanes) is 2. The van der Waals surface area contributed by atoms with E-state index in [-0.39, 0.29) is 11.9 Å². The van der Waals surface area contributed by atoms with E-state index in [4.69, 9.17) is 21.7 Å². The molecular formula is C22H29NO5S2. The minimum atomic E-state index is -0.207. The van der Waals surface area contributed by atoms with Crippen molar-refractivity contribution < 1.29 is 23.8 Å². The highest BCUT2D eigenvalue weighted by atomic mass is 32.2. The number of ether oxygens (including phenoxy) is 3. The van der Waals surface area contributed by atoms with E-state index in [1.165, 1.54) is 18.9 Å². The molecule has 0 aromatic heterocycles. The summed E-state index contributed by atoms with van der Waals surface area (Å²) in [6, 6.07) is 5.66. The highest BCUT2D eigenvalue weighted by Gasteiger charge is 2.31. The summed E-state index contributed by atoms with van der Waals surface area (Å²) in [5.41, 5.74) is 0.862. The molecule has 1 heterocycles. The van der Waals surface area contributed by atoms with E-state index in [2.05, 4.69) is 11.7 Å². The molecule has 164 valence electrons. The summed E-state index contributed by atoms with van der Waals surface area (Å²) in [6.45, 7) is 5.68. The fraction of sp³-hybridized carbons (Fsp3) is 0.500. The molecule has 0 aliphatic carbocycles. The molecule has 1 aliphatic rings. The Balaban J connectivity index is 2.00. The lowest BCUT2D eigenvalue weighted by atomic mass is 10.1. The fourth-order valence-electron chi connectivity index (χ4n) is 2.88. The summed E-state index contributed by atoms with van der Waals surface area (Å²) in [7, 11) is 1.39. The molecule has 1 amide bonds. The Kier molecular flexibility index (Phi) is 10.2. The largest absolute Gasteiger partial charge is 0.490 e. The van der Waals surface area contributed by atoms with E-state index in [9.17, 15) is 9.59 Å². The number of thiocarbonyl (C=S) groups is 1. The van der Waals surface area contributed by atoms with Gasteiger partial charge in [-0.25, -0.2) is 0 Å². The number of esters is 1. The lowest BCUT2D eigenvalue weighted by molar-refractivity contribution is -0.140. The van der Waals surface area contributed by atoms with Gasteiger partial charge in [-0.2, -0.15) is 0 Å². The molecule has 0 saturated carbocycles. The lowest BCUT2D eigenvalue weighted by Gasteiger charge is -2.14. The minimum Gasteiger partial charge on any atom is -0.490 e. The van der Waals surface area contributed by atoms with E-state index in [1.807, 2.05) is 31.2 Å². The van der Waals surface area contributed by atoms with E-state index in [1.54, 1.807) is 4.90 Å². The normalized spacial score (nSPS) is 15.0. The third-order valence-electron chi connectivity index (χ3n) is 4.39. The van der Waals surface area contributed by atoms with Crippen molar-refractivity contribution in [1.82, 2.24) is 4.90 Å². The van der Waals surface area contributed by atoms with Crippen molar-refractivity contribution in [2.45, 2.75) is 46.0 Å². The van der Waals surface area contributed by atoms with Crippen LogP contribution in [0.5, 0.6) is 11.5 Å². The standard InChI is InChI=1S/C22H29NO5S2/c1-4-13-28-17-11-10-16(14-18(17)27-5-2)15-19-21(25)23(22(29)30-19)12-8-6-7-9-20(24)26-3/h10-11,14-15H,4-9,12-13H2,1-3H3/b19-15-. The molecule has 0 atom stereocenters. The van der Waals surface area contributed by atoms with Crippen LogP contribution in [0.25, 0.3) is 6.08 Å². The van der Waals surface area contributed by atoms with Gasteiger partial charge in [0.2, 0.25) is 0 Å². The molecule has 30 heavy (non-hydrogen) atoms. The molecular weight excluding hydrogens is 422 g/mol. The second kappa shape index (κ2) is 12.6. The Morgan fingerprint density at radius 1 is 1.17 bits per heavy atom. The molecule has 6 nitrogen and oxygen atoms in total. The Hall–Kier alpha value is -2.06. The molecule has 1 aliphatic heterocycles. The predicted molar refractivity (Wildman–Crippen MR) is 124 cm³/mol. The molecule has 1 saturated heterocycles.